The average Bonchev–Trinajstić information content (AvgIpc) is 3.24. The molecule has 1 unspecified atom stereocenters. The second kappa shape index (κ2) is 11.9. The van der Waals surface area contributed by atoms with E-state index in [1.807, 2.05) is 11.3 Å². The summed E-state index contributed by atoms with van der Waals surface area (Å²) < 4.78 is 0. The van der Waals surface area contributed by atoms with Crippen molar-refractivity contribution in [1.29, 1.82) is 0 Å². The lowest BCUT2D eigenvalue weighted by Gasteiger charge is -2.31. The molecule has 0 saturated carbocycles. The molecular weight excluding hydrogens is 406 g/mol. The Kier molecular flexibility index (Phi) is 8.91. The third-order valence-electron chi connectivity index (χ3n) is 5.57. The quantitative estimate of drug-likeness (QED) is 0.412. The summed E-state index contributed by atoms with van der Waals surface area (Å²) in [4.78, 5) is 21.4. The molecule has 6 nitrogen and oxygen atoms in total. The first-order chi connectivity index (χ1) is 15.1. The number of nitrogens with two attached hydrogens (primary N) is 1. The molecule has 0 spiro atoms. The fraction of sp³-hybridized carbons (Fsp3) is 0.500. The summed E-state index contributed by atoms with van der Waals surface area (Å²) in [5.41, 5.74) is 7.95. The Hall–Kier alpha value is -2.38. The van der Waals surface area contributed by atoms with Gasteiger partial charge in [-0.15, -0.1) is 11.3 Å². The lowest BCUT2D eigenvalue weighted by Crippen LogP contribution is -2.40. The molecule has 3 rings (SSSR count). The Balaban J connectivity index is 1.57. The van der Waals surface area contributed by atoms with Crippen LogP contribution in [0.4, 0.5) is 0 Å². The predicted octanol–water partition coefficient (Wildman–Crippen LogP) is 3.26. The first kappa shape index (κ1) is 23.3. The molecule has 1 aromatic carbocycles. The third-order valence-corrected chi connectivity index (χ3v) is 6.79. The van der Waals surface area contributed by atoms with Gasteiger partial charge in [0, 0.05) is 29.4 Å². The number of aliphatic imine (C=N–C) groups is 1. The molecular formula is C24H35N5OS. The lowest BCUT2D eigenvalue weighted by molar-refractivity contribution is -0.123. The number of primary amides is 1. The van der Waals surface area contributed by atoms with E-state index >= 15 is 0 Å². The van der Waals surface area contributed by atoms with Gasteiger partial charge in [-0.05, 0) is 56.0 Å². The molecule has 1 aromatic heterocycles. The van der Waals surface area contributed by atoms with Crippen molar-refractivity contribution in [1.82, 2.24) is 15.5 Å². The number of hydrogen-bond acceptors (Lipinski definition) is 4. The van der Waals surface area contributed by atoms with Crippen LogP contribution in [0.2, 0.25) is 0 Å². The Labute approximate surface area is 189 Å². The normalized spacial score (nSPS) is 17.5. The molecule has 168 valence electrons. The molecule has 1 atom stereocenters. The van der Waals surface area contributed by atoms with Crippen molar-refractivity contribution in [2.45, 2.75) is 52.7 Å². The summed E-state index contributed by atoms with van der Waals surface area (Å²) in [5, 5.41) is 6.77. The van der Waals surface area contributed by atoms with E-state index in [-0.39, 0.29) is 11.8 Å². The number of rotatable bonds is 9. The van der Waals surface area contributed by atoms with E-state index in [1.54, 1.807) is 0 Å². The van der Waals surface area contributed by atoms with E-state index in [4.69, 9.17) is 10.7 Å². The standard InChI is InChI=1S/C24H35N5OS/c1-3-21-10-11-22(31-21)15-28-24(26-4-2)27-14-18-7-5-8-19(13-18)16-29-12-6-9-20(17-29)23(25)30/h5,7-8,10-11,13,20H,3-4,6,9,12,14-17H2,1-2H3,(H2,25,30)(H2,26,27,28). The van der Waals surface area contributed by atoms with Gasteiger partial charge in [-0.3, -0.25) is 9.69 Å². The number of benzene rings is 1. The molecule has 31 heavy (non-hydrogen) atoms. The summed E-state index contributed by atoms with van der Waals surface area (Å²) in [6.45, 7) is 9.12. The number of aryl methyl sites for hydroxylation is 1. The van der Waals surface area contributed by atoms with Gasteiger partial charge in [0.1, 0.15) is 0 Å². The molecule has 1 saturated heterocycles. The number of hydrogen-bond donors (Lipinski definition) is 3. The van der Waals surface area contributed by atoms with Gasteiger partial charge >= 0.3 is 0 Å². The Morgan fingerprint density at radius 3 is 2.74 bits per heavy atom. The Bertz CT molecular complexity index is 878. The van der Waals surface area contributed by atoms with E-state index in [2.05, 4.69) is 65.8 Å². The van der Waals surface area contributed by atoms with Crippen LogP contribution in [-0.4, -0.2) is 36.4 Å². The van der Waals surface area contributed by atoms with Gasteiger partial charge in [-0.25, -0.2) is 4.99 Å². The topological polar surface area (TPSA) is 82.8 Å². The van der Waals surface area contributed by atoms with Crippen molar-refractivity contribution in [3.63, 3.8) is 0 Å². The average molecular weight is 442 g/mol. The van der Waals surface area contributed by atoms with Crippen LogP contribution in [0.1, 0.15) is 47.6 Å². The Morgan fingerprint density at radius 2 is 2.00 bits per heavy atom. The van der Waals surface area contributed by atoms with E-state index in [9.17, 15) is 4.79 Å². The van der Waals surface area contributed by atoms with Gasteiger partial charge in [0.15, 0.2) is 5.96 Å². The smallest absolute Gasteiger partial charge is 0.221 e. The van der Waals surface area contributed by atoms with Crippen LogP contribution in [0.5, 0.6) is 0 Å². The summed E-state index contributed by atoms with van der Waals surface area (Å²) in [7, 11) is 0. The number of carbonyl (C=O) groups is 1. The number of guanidine groups is 1. The molecule has 0 aliphatic carbocycles. The van der Waals surface area contributed by atoms with Gasteiger partial charge in [0.2, 0.25) is 5.91 Å². The number of nitrogens with one attached hydrogen (secondary N) is 2. The van der Waals surface area contributed by atoms with Crippen LogP contribution in [-0.2, 0) is 30.8 Å². The van der Waals surface area contributed by atoms with E-state index in [1.165, 1.54) is 20.9 Å². The minimum atomic E-state index is -0.176. The molecule has 1 fully saturated rings. The highest BCUT2D eigenvalue weighted by Crippen LogP contribution is 2.19. The number of piperidine rings is 1. The second-order valence-electron chi connectivity index (χ2n) is 8.07. The molecule has 1 amide bonds. The van der Waals surface area contributed by atoms with Gasteiger partial charge < -0.3 is 16.4 Å². The minimum absolute atomic E-state index is 0.0213. The largest absolute Gasteiger partial charge is 0.369 e. The van der Waals surface area contributed by atoms with E-state index in [0.29, 0.717) is 6.54 Å². The molecule has 1 aliphatic rings. The summed E-state index contributed by atoms with van der Waals surface area (Å²) in [6.07, 6.45) is 3.01. The first-order valence-electron chi connectivity index (χ1n) is 11.3. The summed E-state index contributed by atoms with van der Waals surface area (Å²) in [6, 6.07) is 13.0. The van der Waals surface area contributed by atoms with Crippen molar-refractivity contribution in [2.75, 3.05) is 19.6 Å². The Morgan fingerprint density at radius 1 is 1.19 bits per heavy atom. The summed E-state index contributed by atoms with van der Waals surface area (Å²) >= 11 is 1.85. The summed E-state index contributed by atoms with van der Waals surface area (Å²) in [5.74, 6) is 0.636. The molecule has 0 bridgehead atoms. The number of nitrogens with zero attached hydrogens (tertiary/aromatic N) is 2. The van der Waals surface area contributed by atoms with Crippen molar-refractivity contribution < 1.29 is 4.79 Å². The van der Waals surface area contributed by atoms with Gasteiger partial charge in [-0.2, -0.15) is 0 Å². The molecule has 4 N–H and O–H groups in total. The molecule has 2 aromatic rings. The SMILES string of the molecule is CCNC(=NCc1cccc(CN2CCCC(C(N)=O)C2)c1)NCc1ccc(CC)s1. The minimum Gasteiger partial charge on any atom is -0.369 e. The maximum atomic E-state index is 11.5. The highest BCUT2D eigenvalue weighted by atomic mass is 32.1. The maximum Gasteiger partial charge on any atom is 0.221 e. The monoisotopic (exact) mass is 441 g/mol. The highest BCUT2D eigenvalue weighted by molar-refractivity contribution is 7.11. The van der Waals surface area contributed by atoms with Gasteiger partial charge in [0.25, 0.3) is 0 Å². The molecule has 2 heterocycles. The highest BCUT2D eigenvalue weighted by Gasteiger charge is 2.23. The van der Waals surface area contributed by atoms with Gasteiger partial charge in [-0.1, -0.05) is 31.2 Å². The number of amides is 1. The van der Waals surface area contributed by atoms with Crippen LogP contribution in [0.15, 0.2) is 41.4 Å². The maximum absolute atomic E-state index is 11.5. The van der Waals surface area contributed by atoms with E-state index in [0.717, 1.165) is 57.9 Å². The molecule has 7 heteroatoms. The number of carbonyl (C=O) groups excluding carboxylic acids is 1. The van der Waals surface area contributed by atoms with Crippen LogP contribution in [0, 0.1) is 5.92 Å². The van der Waals surface area contributed by atoms with Crippen molar-refractivity contribution in [2.24, 2.45) is 16.6 Å². The van der Waals surface area contributed by atoms with Crippen LogP contribution in [0.3, 0.4) is 0 Å². The van der Waals surface area contributed by atoms with Crippen LogP contribution < -0.4 is 16.4 Å². The molecule has 1 aliphatic heterocycles. The van der Waals surface area contributed by atoms with Crippen LogP contribution in [0.25, 0.3) is 0 Å². The second-order valence-corrected chi connectivity index (χ2v) is 9.32. The van der Waals surface area contributed by atoms with Crippen molar-refractivity contribution in [3.8, 4) is 0 Å². The zero-order valence-electron chi connectivity index (χ0n) is 18.7. The molecule has 0 radical (unpaired) electrons. The fourth-order valence-corrected chi connectivity index (χ4v) is 4.80. The number of thiophene rings is 1. The van der Waals surface area contributed by atoms with Crippen molar-refractivity contribution >= 4 is 23.2 Å². The van der Waals surface area contributed by atoms with Gasteiger partial charge in [0.05, 0.1) is 19.0 Å². The fourth-order valence-electron chi connectivity index (χ4n) is 3.91. The third kappa shape index (κ3) is 7.36. The van der Waals surface area contributed by atoms with Crippen LogP contribution >= 0.6 is 11.3 Å². The first-order valence-corrected chi connectivity index (χ1v) is 12.1. The van der Waals surface area contributed by atoms with E-state index < -0.39 is 0 Å². The zero-order valence-corrected chi connectivity index (χ0v) is 19.5. The number of likely N-dealkylation sites (tertiary alicyclic amines) is 1. The zero-order chi connectivity index (χ0) is 22.1. The predicted molar refractivity (Wildman–Crippen MR) is 129 cm³/mol. The van der Waals surface area contributed by atoms with Crippen molar-refractivity contribution in [3.05, 3.63) is 57.3 Å². The lowest BCUT2D eigenvalue weighted by atomic mass is 9.97.